The summed E-state index contributed by atoms with van der Waals surface area (Å²) in [5.41, 5.74) is 0.468. The molecule has 1 N–H and O–H groups in total. The lowest BCUT2D eigenvalue weighted by molar-refractivity contribution is -0.152. The Bertz CT molecular complexity index is 406. The highest BCUT2D eigenvalue weighted by Gasteiger charge is 2.15. The smallest absolute Gasteiger partial charge is 0.397 e. The number of unbranched alkanes of at least 4 members (excludes halogenated alkanes) is 1. The van der Waals surface area contributed by atoms with Crippen molar-refractivity contribution in [2.75, 3.05) is 11.9 Å². The van der Waals surface area contributed by atoms with Gasteiger partial charge in [0, 0.05) is 10.7 Å². The van der Waals surface area contributed by atoms with Gasteiger partial charge in [0.05, 0.1) is 6.61 Å². The fraction of sp³-hybridized carbons (Fsp3) is 0.333. The number of hydrogen-bond donors (Lipinski definition) is 1. The molecule has 0 spiro atoms. The highest BCUT2D eigenvalue weighted by Crippen LogP contribution is 2.14. The van der Waals surface area contributed by atoms with Crippen molar-refractivity contribution in [2.45, 2.75) is 19.8 Å². The molecular formula is C12H14ClNO3. The lowest BCUT2D eigenvalue weighted by Crippen LogP contribution is -2.25. The maximum Gasteiger partial charge on any atom is 0.397 e. The van der Waals surface area contributed by atoms with Crippen LogP contribution in [0.1, 0.15) is 19.8 Å². The van der Waals surface area contributed by atoms with Gasteiger partial charge in [0.2, 0.25) is 0 Å². The zero-order valence-electron chi connectivity index (χ0n) is 9.53. The first-order valence-corrected chi connectivity index (χ1v) is 5.75. The number of anilines is 1. The molecule has 0 fully saturated rings. The van der Waals surface area contributed by atoms with Gasteiger partial charge in [0.1, 0.15) is 0 Å². The minimum absolute atomic E-state index is 0.262. The number of rotatable bonds is 4. The van der Waals surface area contributed by atoms with Crippen LogP contribution in [0.5, 0.6) is 0 Å². The molecule has 0 aliphatic rings. The Kier molecular flexibility index (Phi) is 5.49. The maximum absolute atomic E-state index is 11.4. The molecule has 0 bridgehead atoms. The van der Waals surface area contributed by atoms with Gasteiger partial charge in [-0.15, -0.1) is 0 Å². The summed E-state index contributed by atoms with van der Waals surface area (Å²) in [6.45, 7) is 2.23. The maximum atomic E-state index is 11.4. The van der Waals surface area contributed by atoms with Gasteiger partial charge in [-0.3, -0.25) is 4.79 Å². The summed E-state index contributed by atoms with van der Waals surface area (Å²) in [7, 11) is 0. The predicted octanol–water partition coefficient (Wildman–Crippen LogP) is 2.62. The molecule has 0 aromatic heterocycles. The molecule has 92 valence electrons. The lowest BCUT2D eigenvalue weighted by Gasteiger charge is -2.05. The summed E-state index contributed by atoms with van der Waals surface area (Å²) in [4.78, 5) is 22.6. The number of amides is 1. The molecule has 17 heavy (non-hydrogen) atoms. The summed E-state index contributed by atoms with van der Waals surface area (Å²) < 4.78 is 4.76. The Morgan fingerprint density at radius 3 is 2.82 bits per heavy atom. The van der Waals surface area contributed by atoms with Crippen molar-refractivity contribution in [3.05, 3.63) is 29.3 Å². The van der Waals surface area contributed by atoms with Crippen molar-refractivity contribution in [3.8, 4) is 0 Å². The van der Waals surface area contributed by atoms with E-state index >= 15 is 0 Å². The van der Waals surface area contributed by atoms with Crippen LogP contribution in [0.15, 0.2) is 24.3 Å². The molecule has 0 unspecified atom stereocenters. The fourth-order valence-electron chi connectivity index (χ4n) is 1.12. The van der Waals surface area contributed by atoms with Crippen LogP contribution in [0.4, 0.5) is 5.69 Å². The number of benzene rings is 1. The first kappa shape index (κ1) is 13.5. The number of carbonyl (C=O) groups is 2. The Hall–Kier alpha value is -1.55. The highest BCUT2D eigenvalue weighted by molar-refractivity contribution is 6.37. The molecule has 1 rings (SSSR count). The Morgan fingerprint density at radius 2 is 2.18 bits per heavy atom. The number of hydrogen-bond acceptors (Lipinski definition) is 3. The van der Waals surface area contributed by atoms with Crippen LogP contribution in [0.2, 0.25) is 5.02 Å². The normalized spacial score (nSPS) is 9.76. The molecular weight excluding hydrogens is 242 g/mol. The second kappa shape index (κ2) is 6.91. The van der Waals surface area contributed by atoms with Gasteiger partial charge >= 0.3 is 11.9 Å². The quantitative estimate of drug-likeness (QED) is 0.511. The van der Waals surface area contributed by atoms with E-state index in [0.717, 1.165) is 12.8 Å². The second-order valence-corrected chi connectivity index (χ2v) is 3.89. The summed E-state index contributed by atoms with van der Waals surface area (Å²) in [5, 5.41) is 2.90. The van der Waals surface area contributed by atoms with Crippen LogP contribution >= 0.6 is 11.6 Å². The van der Waals surface area contributed by atoms with Crippen LogP contribution in [0.3, 0.4) is 0 Å². The van der Waals surface area contributed by atoms with Gasteiger partial charge < -0.3 is 10.1 Å². The topological polar surface area (TPSA) is 55.4 Å². The van der Waals surface area contributed by atoms with Crippen molar-refractivity contribution in [2.24, 2.45) is 0 Å². The van der Waals surface area contributed by atoms with E-state index in [-0.39, 0.29) is 6.61 Å². The van der Waals surface area contributed by atoms with Gasteiger partial charge in [-0.25, -0.2) is 4.79 Å². The van der Waals surface area contributed by atoms with Crippen molar-refractivity contribution in [1.29, 1.82) is 0 Å². The monoisotopic (exact) mass is 255 g/mol. The van der Waals surface area contributed by atoms with Crippen LogP contribution in [-0.4, -0.2) is 18.5 Å². The van der Waals surface area contributed by atoms with Crippen LogP contribution < -0.4 is 5.32 Å². The van der Waals surface area contributed by atoms with E-state index in [9.17, 15) is 9.59 Å². The minimum Gasteiger partial charge on any atom is -0.459 e. The van der Waals surface area contributed by atoms with Gasteiger partial charge in [0.25, 0.3) is 0 Å². The van der Waals surface area contributed by atoms with E-state index in [0.29, 0.717) is 10.7 Å². The van der Waals surface area contributed by atoms with E-state index < -0.39 is 11.9 Å². The lowest BCUT2D eigenvalue weighted by atomic mass is 10.3. The molecule has 0 heterocycles. The van der Waals surface area contributed by atoms with Crippen molar-refractivity contribution < 1.29 is 14.3 Å². The van der Waals surface area contributed by atoms with Gasteiger partial charge in [0.15, 0.2) is 0 Å². The summed E-state index contributed by atoms with van der Waals surface area (Å²) in [6, 6.07) is 6.55. The first-order valence-electron chi connectivity index (χ1n) is 5.37. The van der Waals surface area contributed by atoms with Crippen LogP contribution in [0.25, 0.3) is 0 Å². The molecule has 1 aromatic rings. The molecule has 0 aliphatic carbocycles. The SMILES string of the molecule is CCCCOC(=O)C(=O)Nc1cccc(Cl)c1. The van der Waals surface area contributed by atoms with Crippen LogP contribution in [-0.2, 0) is 14.3 Å². The number of halogens is 1. The highest BCUT2D eigenvalue weighted by atomic mass is 35.5. The standard InChI is InChI=1S/C12H14ClNO3/c1-2-3-7-17-12(16)11(15)14-10-6-4-5-9(13)8-10/h4-6,8H,2-3,7H2,1H3,(H,14,15). The molecule has 0 aliphatic heterocycles. The van der Waals surface area contributed by atoms with Crippen LogP contribution in [0, 0.1) is 0 Å². The second-order valence-electron chi connectivity index (χ2n) is 3.45. The largest absolute Gasteiger partial charge is 0.459 e. The Labute approximate surface area is 105 Å². The molecule has 0 saturated heterocycles. The molecule has 1 amide bonds. The molecule has 0 atom stereocenters. The van der Waals surface area contributed by atoms with Gasteiger partial charge in [-0.2, -0.15) is 0 Å². The van der Waals surface area contributed by atoms with Crippen molar-refractivity contribution in [1.82, 2.24) is 0 Å². The van der Waals surface area contributed by atoms with E-state index in [2.05, 4.69) is 5.32 Å². The number of carbonyl (C=O) groups excluding carboxylic acids is 2. The third kappa shape index (κ3) is 4.87. The van der Waals surface area contributed by atoms with Crippen molar-refractivity contribution in [3.63, 3.8) is 0 Å². The fourth-order valence-corrected chi connectivity index (χ4v) is 1.31. The minimum atomic E-state index is -0.876. The van der Waals surface area contributed by atoms with E-state index in [1.54, 1.807) is 24.3 Å². The molecule has 0 saturated carbocycles. The van der Waals surface area contributed by atoms with Crippen molar-refractivity contribution >= 4 is 29.2 Å². The zero-order chi connectivity index (χ0) is 12.7. The molecule has 0 radical (unpaired) electrons. The van der Waals surface area contributed by atoms with E-state index in [1.165, 1.54) is 0 Å². The average molecular weight is 256 g/mol. The zero-order valence-corrected chi connectivity index (χ0v) is 10.3. The number of esters is 1. The Balaban J connectivity index is 2.46. The first-order chi connectivity index (χ1) is 8.13. The predicted molar refractivity (Wildman–Crippen MR) is 65.9 cm³/mol. The third-order valence-electron chi connectivity index (χ3n) is 2.00. The summed E-state index contributed by atoms with van der Waals surface area (Å²) in [6.07, 6.45) is 1.65. The Morgan fingerprint density at radius 1 is 1.41 bits per heavy atom. The molecule has 4 nitrogen and oxygen atoms in total. The average Bonchev–Trinajstić information content (AvgIpc) is 2.29. The third-order valence-corrected chi connectivity index (χ3v) is 2.23. The van der Waals surface area contributed by atoms with Gasteiger partial charge in [-0.05, 0) is 24.6 Å². The number of ether oxygens (including phenoxy) is 1. The molecule has 5 heteroatoms. The summed E-state index contributed by atoms with van der Waals surface area (Å²) in [5.74, 6) is -1.67. The number of nitrogens with one attached hydrogen (secondary N) is 1. The summed E-state index contributed by atoms with van der Waals surface area (Å²) >= 11 is 5.74. The van der Waals surface area contributed by atoms with Gasteiger partial charge in [-0.1, -0.05) is 31.0 Å². The van der Waals surface area contributed by atoms with E-state index in [1.807, 2.05) is 6.92 Å². The molecule has 1 aromatic carbocycles. The van der Waals surface area contributed by atoms with E-state index in [4.69, 9.17) is 16.3 Å².